The maximum Gasteiger partial charge on any atom is 0.191 e. The maximum absolute atomic E-state index is 5.34. The molecular formula is C12H20N4. The van der Waals surface area contributed by atoms with Gasteiger partial charge in [-0.2, -0.15) is 0 Å². The van der Waals surface area contributed by atoms with Crippen molar-refractivity contribution in [3.63, 3.8) is 0 Å². The third-order valence-corrected chi connectivity index (χ3v) is 2.47. The first-order valence-electron chi connectivity index (χ1n) is 5.41. The van der Waals surface area contributed by atoms with Gasteiger partial charge in [0.15, 0.2) is 5.96 Å². The first kappa shape index (κ1) is 12.4. The van der Waals surface area contributed by atoms with Crippen LogP contribution in [-0.4, -0.2) is 11.5 Å². The van der Waals surface area contributed by atoms with Crippen molar-refractivity contribution in [1.82, 2.24) is 0 Å². The fraction of sp³-hybridized carbons (Fsp3) is 0.417. The Bertz CT molecular complexity index is 378. The summed E-state index contributed by atoms with van der Waals surface area (Å²) in [6.45, 7) is 6.45. The van der Waals surface area contributed by atoms with Crippen LogP contribution in [0.3, 0.4) is 0 Å². The Balaban J connectivity index is 2.87. The van der Waals surface area contributed by atoms with Crippen LogP contribution in [-0.2, 0) is 0 Å². The van der Waals surface area contributed by atoms with Gasteiger partial charge in [-0.15, -0.1) is 0 Å². The molecule has 0 aliphatic heterocycles. The lowest BCUT2D eigenvalue weighted by Crippen LogP contribution is -2.29. The number of nitrogens with one attached hydrogen (secondary N) is 1. The summed E-state index contributed by atoms with van der Waals surface area (Å²) in [5.41, 5.74) is 12.5. The molecule has 0 bridgehead atoms. The number of guanidine groups is 1. The van der Waals surface area contributed by atoms with E-state index in [0.717, 1.165) is 17.8 Å². The molecule has 4 heteroatoms. The van der Waals surface area contributed by atoms with Crippen molar-refractivity contribution in [3.05, 3.63) is 24.3 Å². The first-order valence-corrected chi connectivity index (χ1v) is 5.41. The molecule has 88 valence electrons. The van der Waals surface area contributed by atoms with Crippen LogP contribution >= 0.6 is 0 Å². The number of hydrogen-bond donors (Lipinski definition) is 3. The van der Waals surface area contributed by atoms with E-state index in [2.05, 4.69) is 31.1 Å². The lowest BCUT2D eigenvalue weighted by molar-refractivity contribution is 0.547. The minimum absolute atomic E-state index is 0.0661. The van der Waals surface area contributed by atoms with Gasteiger partial charge < -0.3 is 16.8 Å². The van der Waals surface area contributed by atoms with Gasteiger partial charge in [-0.25, -0.2) is 4.99 Å². The Morgan fingerprint density at radius 1 is 1.38 bits per heavy atom. The molecule has 0 saturated carbocycles. The summed E-state index contributed by atoms with van der Waals surface area (Å²) in [6, 6.07) is 7.72. The fourth-order valence-corrected chi connectivity index (χ4v) is 1.28. The van der Waals surface area contributed by atoms with Gasteiger partial charge in [-0.3, -0.25) is 0 Å². The van der Waals surface area contributed by atoms with Crippen molar-refractivity contribution in [2.75, 3.05) is 5.32 Å². The van der Waals surface area contributed by atoms with Crippen molar-refractivity contribution in [2.45, 2.75) is 32.7 Å². The van der Waals surface area contributed by atoms with E-state index in [0.29, 0.717) is 0 Å². The lowest BCUT2D eigenvalue weighted by Gasteiger charge is -2.26. The van der Waals surface area contributed by atoms with Crippen molar-refractivity contribution in [2.24, 2.45) is 16.5 Å². The summed E-state index contributed by atoms with van der Waals surface area (Å²) in [5, 5.41) is 3.43. The SMILES string of the molecule is CCC(C)(C)Nc1cccc(N=C(N)N)c1. The normalized spacial score (nSPS) is 10.9. The van der Waals surface area contributed by atoms with Crippen LogP contribution in [0.4, 0.5) is 11.4 Å². The molecule has 4 nitrogen and oxygen atoms in total. The number of aliphatic imine (C=N–C) groups is 1. The van der Waals surface area contributed by atoms with Gasteiger partial charge in [-0.05, 0) is 38.5 Å². The summed E-state index contributed by atoms with van der Waals surface area (Å²) in [5.74, 6) is 0.0758. The van der Waals surface area contributed by atoms with E-state index in [9.17, 15) is 0 Å². The highest BCUT2D eigenvalue weighted by atomic mass is 15.0. The Kier molecular flexibility index (Phi) is 3.77. The molecule has 0 heterocycles. The quantitative estimate of drug-likeness (QED) is 0.537. The Morgan fingerprint density at radius 2 is 2.06 bits per heavy atom. The van der Waals surface area contributed by atoms with E-state index in [1.165, 1.54) is 0 Å². The number of nitrogens with zero attached hydrogens (tertiary/aromatic N) is 1. The van der Waals surface area contributed by atoms with Crippen LogP contribution in [0.25, 0.3) is 0 Å². The molecule has 0 unspecified atom stereocenters. The van der Waals surface area contributed by atoms with Crippen LogP contribution < -0.4 is 16.8 Å². The largest absolute Gasteiger partial charge is 0.380 e. The van der Waals surface area contributed by atoms with E-state index in [1.54, 1.807) is 0 Å². The molecule has 0 saturated heterocycles. The molecule has 16 heavy (non-hydrogen) atoms. The van der Waals surface area contributed by atoms with Crippen molar-refractivity contribution < 1.29 is 0 Å². The van der Waals surface area contributed by atoms with Gasteiger partial charge in [-0.1, -0.05) is 13.0 Å². The highest BCUT2D eigenvalue weighted by molar-refractivity contribution is 5.79. The summed E-state index contributed by atoms with van der Waals surface area (Å²) < 4.78 is 0. The minimum Gasteiger partial charge on any atom is -0.380 e. The van der Waals surface area contributed by atoms with Crippen molar-refractivity contribution in [3.8, 4) is 0 Å². The van der Waals surface area contributed by atoms with Crippen LogP contribution in [0.5, 0.6) is 0 Å². The zero-order chi connectivity index (χ0) is 12.2. The highest BCUT2D eigenvalue weighted by Gasteiger charge is 2.13. The minimum atomic E-state index is 0.0661. The number of nitrogens with two attached hydrogens (primary N) is 2. The van der Waals surface area contributed by atoms with Gasteiger partial charge in [0.25, 0.3) is 0 Å². The third kappa shape index (κ3) is 3.81. The van der Waals surface area contributed by atoms with E-state index in [-0.39, 0.29) is 11.5 Å². The third-order valence-electron chi connectivity index (χ3n) is 2.47. The smallest absolute Gasteiger partial charge is 0.191 e. The predicted molar refractivity (Wildman–Crippen MR) is 69.9 cm³/mol. The van der Waals surface area contributed by atoms with E-state index >= 15 is 0 Å². The van der Waals surface area contributed by atoms with Gasteiger partial charge in [0.1, 0.15) is 0 Å². The summed E-state index contributed by atoms with van der Waals surface area (Å²) in [7, 11) is 0. The molecule has 0 fully saturated rings. The van der Waals surface area contributed by atoms with Crippen molar-refractivity contribution in [1.29, 1.82) is 0 Å². The molecule has 0 spiro atoms. The lowest BCUT2D eigenvalue weighted by atomic mass is 10.0. The Morgan fingerprint density at radius 3 is 2.62 bits per heavy atom. The number of benzene rings is 1. The van der Waals surface area contributed by atoms with Crippen molar-refractivity contribution >= 4 is 17.3 Å². The molecule has 1 rings (SSSR count). The molecule has 0 atom stereocenters. The molecule has 1 aromatic carbocycles. The molecule has 0 amide bonds. The topological polar surface area (TPSA) is 76.4 Å². The summed E-state index contributed by atoms with van der Waals surface area (Å²) >= 11 is 0. The molecule has 5 N–H and O–H groups in total. The molecule has 0 aromatic heterocycles. The number of anilines is 1. The summed E-state index contributed by atoms with van der Waals surface area (Å²) in [6.07, 6.45) is 1.04. The zero-order valence-electron chi connectivity index (χ0n) is 10.1. The van der Waals surface area contributed by atoms with Gasteiger partial charge in [0.05, 0.1) is 5.69 Å². The molecule has 1 aromatic rings. The monoisotopic (exact) mass is 220 g/mol. The standard InChI is InChI=1S/C12H20N4/c1-4-12(2,3)16-10-7-5-6-9(8-10)15-11(13)14/h5-8,16H,4H2,1-3H3,(H4,13,14,15). The second kappa shape index (κ2) is 4.88. The average Bonchev–Trinajstić information content (AvgIpc) is 2.16. The predicted octanol–water partition coefficient (Wildman–Crippen LogP) is 2.19. The Hall–Kier alpha value is -1.71. The van der Waals surface area contributed by atoms with E-state index in [1.807, 2.05) is 24.3 Å². The maximum atomic E-state index is 5.34. The molecule has 0 aliphatic carbocycles. The number of rotatable bonds is 4. The zero-order valence-corrected chi connectivity index (χ0v) is 10.1. The van der Waals surface area contributed by atoms with Gasteiger partial charge in [0.2, 0.25) is 0 Å². The van der Waals surface area contributed by atoms with Crippen LogP contribution in [0, 0.1) is 0 Å². The summed E-state index contributed by atoms with van der Waals surface area (Å²) in [4.78, 5) is 4.01. The van der Waals surface area contributed by atoms with Crippen LogP contribution in [0.15, 0.2) is 29.3 Å². The highest BCUT2D eigenvalue weighted by Crippen LogP contribution is 2.22. The molecule has 0 aliphatic rings. The van der Waals surface area contributed by atoms with Crippen LogP contribution in [0.1, 0.15) is 27.2 Å². The van der Waals surface area contributed by atoms with Crippen LogP contribution in [0.2, 0.25) is 0 Å². The second-order valence-corrected chi connectivity index (χ2v) is 4.45. The molecule has 0 radical (unpaired) electrons. The average molecular weight is 220 g/mol. The molecular weight excluding hydrogens is 200 g/mol. The number of hydrogen-bond acceptors (Lipinski definition) is 2. The van der Waals surface area contributed by atoms with E-state index in [4.69, 9.17) is 11.5 Å². The van der Waals surface area contributed by atoms with Gasteiger partial charge in [0, 0.05) is 11.2 Å². The first-order chi connectivity index (χ1) is 7.43. The van der Waals surface area contributed by atoms with Gasteiger partial charge >= 0.3 is 0 Å². The second-order valence-electron chi connectivity index (χ2n) is 4.45. The fourth-order valence-electron chi connectivity index (χ4n) is 1.28. The Labute approximate surface area is 96.7 Å². The van der Waals surface area contributed by atoms with E-state index < -0.39 is 0 Å².